The number of thioether (sulfide) groups is 1. The average Bonchev–Trinajstić information content (AvgIpc) is 2.07. The standard InChI is InChI=1S/C11H20O4S/c1-9(12)16-7-5-6-14-8-10(13)15-11(2,3)4/h5-8H2,1-4H3. The fraction of sp³-hybridized carbons (Fsp3) is 0.818. The van der Waals surface area contributed by atoms with Crippen LogP contribution in [0.3, 0.4) is 0 Å². The second-order valence-electron chi connectivity index (χ2n) is 4.33. The first-order valence-corrected chi connectivity index (χ1v) is 6.23. The molecule has 0 aliphatic heterocycles. The van der Waals surface area contributed by atoms with Gasteiger partial charge < -0.3 is 9.47 Å². The Labute approximate surface area is 101 Å². The maximum Gasteiger partial charge on any atom is 0.332 e. The second kappa shape index (κ2) is 7.68. The Morgan fingerprint density at radius 1 is 1.25 bits per heavy atom. The van der Waals surface area contributed by atoms with Crippen LogP contribution in [0.4, 0.5) is 0 Å². The van der Waals surface area contributed by atoms with Crippen molar-refractivity contribution in [3.8, 4) is 0 Å². The largest absolute Gasteiger partial charge is 0.458 e. The van der Waals surface area contributed by atoms with E-state index in [9.17, 15) is 9.59 Å². The van der Waals surface area contributed by atoms with Crippen LogP contribution < -0.4 is 0 Å². The molecule has 94 valence electrons. The van der Waals surface area contributed by atoms with Crippen molar-refractivity contribution in [1.82, 2.24) is 0 Å². The highest BCUT2D eigenvalue weighted by atomic mass is 32.2. The van der Waals surface area contributed by atoms with Crippen molar-refractivity contribution in [2.24, 2.45) is 0 Å². The summed E-state index contributed by atoms with van der Waals surface area (Å²) >= 11 is 1.27. The topological polar surface area (TPSA) is 52.6 Å². The first kappa shape index (κ1) is 15.4. The summed E-state index contributed by atoms with van der Waals surface area (Å²) in [4.78, 5) is 21.8. The minimum absolute atomic E-state index is 0.0258. The third-order valence-electron chi connectivity index (χ3n) is 1.38. The molecule has 0 heterocycles. The zero-order chi connectivity index (χ0) is 12.6. The van der Waals surface area contributed by atoms with Gasteiger partial charge in [0.2, 0.25) is 0 Å². The summed E-state index contributed by atoms with van der Waals surface area (Å²) in [6.07, 6.45) is 0.757. The van der Waals surface area contributed by atoms with Gasteiger partial charge in [-0.25, -0.2) is 4.79 Å². The van der Waals surface area contributed by atoms with Gasteiger partial charge in [-0.3, -0.25) is 4.79 Å². The lowest BCUT2D eigenvalue weighted by Gasteiger charge is -2.19. The Bertz CT molecular complexity index is 233. The Balaban J connectivity index is 3.38. The molecular formula is C11H20O4S. The van der Waals surface area contributed by atoms with Crippen LogP contribution in [-0.4, -0.2) is 35.7 Å². The molecule has 0 radical (unpaired) electrons. The van der Waals surface area contributed by atoms with Crippen molar-refractivity contribution in [3.05, 3.63) is 0 Å². The highest BCUT2D eigenvalue weighted by Crippen LogP contribution is 2.07. The second-order valence-corrected chi connectivity index (χ2v) is 5.60. The molecule has 0 aromatic carbocycles. The Hall–Kier alpha value is -0.550. The van der Waals surface area contributed by atoms with E-state index in [2.05, 4.69) is 0 Å². The van der Waals surface area contributed by atoms with Crippen LogP contribution in [0.5, 0.6) is 0 Å². The molecule has 0 saturated carbocycles. The Morgan fingerprint density at radius 3 is 2.38 bits per heavy atom. The van der Waals surface area contributed by atoms with Gasteiger partial charge >= 0.3 is 5.97 Å². The summed E-state index contributed by atoms with van der Waals surface area (Å²) < 4.78 is 10.2. The van der Waals surface area contributed by atoms with Crippen LogP contribution in [0.25, 0.3) is 0 Å². The fourth-order valence-corrected chi connectivity index (χ4v) is 1.45. The highest BCUT2D eigenvalue weighted by molar-refractivity contribution is 8.13. The van der Waals surface area contributed by atoms with E-state index < -0.39 is 5.60 Å². The van der Waals surface area contributed by atoms with Crippen LogP contribution in [0, 0.1) is 0 Å². The third-order valence-corrected chi connectivity index (χ3v) is 2.28. The molecule has 0 aromatic rings. The maximum atomic E-state index is 11.2. The third kappa shape index (κ3) is 11.5. The van der Waals surface area contributed by atoms with Crippen molar-refractivity contribution in [3.63, 3.8) is 0 Å². The number of carbonyl (C=O) groups is 2. The molecule has 0 atom stereocenters. The predicted octanol–water partition coefficient (Wildman–Crippen LogP) is 2.01. The summed E-state index contributed by atoms with van der Waals surface area (Å²) in [6.45, 7) is 7.42. The van der Waals surface area contributed by atoms with Crippen LogP contribution in [-0.2, 0) is 19.1 Å². The van der Waals surface area contributed by atoms with Gasteiger partial charge in [0.05, 0.1) is 0 Å². The SMILES string of the molecule is CC(=O)SCCCOCC(=O)OC(C)(C)C. The number of esters is 1. The minimum Gasteiger partial charge on any atom is -0.458 e. The van der Waals surface area contributed by atoms with Crippen molar-refractivity contribution < 1.29 is 19.1 Å². The van der Waals surface area contributed by atoms with E-state index in [1.54, 1.807) is 0 Å². The molecule has 0 aliphatic carbocycles. The first-order valence-electron chi connectivity index (χ1n) is 5.24. The van der Waals surface area contributed by atoms with Crippen LogP contribution in [0.15, 0.2) is 0 Å². The molecule has 0 bridgehead atoms. The van der Waals surface area contributed by atoms with Gasteiger partial charge in [-0.2, -0.15) is 0 Å². The van der Waals surface area contributed by atoms with Gasteiger partial charge in [0.25, 0.3) is 0 Å². The van der Waals surface area contributed by atoms with Crippen molar-refractivity contribution in [1.29, 1.82) is 0 Å². The van der Waals surface area contributed by atoms with E-state index in [0.29, 0.717) is 6.61 Å². The van der Waals surface area contributed by atoms with Gasteiger partial charge in [0.1, 0.15) is 12.2 Å². The summed E-state index contributed by atoms with van der Waals surface area (Å²) in [5.74, 6) is 0.371. The lowest BCUT2D eigenvalue weighted by Crippen LogP contribution is -2.26. The summed E-state index contributed by atoms with van der Waals surface area (Å²) in [5.41, 5.74) is -0.467. The number of hydrogen-bond donors (Lipinski definition) is 0. The smallest absolute Gasteiger partial charge is 0.332 e. The van der Waals surface area contributed by atoms with E-state index in [-0.39, 0.29) is 17.7 Å². The number of ether oxygens (including phenoxy) is 2. The van der Waals surface area contributed by atoms with E-state index in [1.807, 2.05) is 20.8 Å². The molecule has 4 nitrogen and oxygen atoms in total. The van der Waals surface area contributed by atoms with Crippen molar-refractivity contribution in [2.75, 3.05) is 19.0 Å². The van der Waals surface area contributed by atoms with Crippen LogP contribution >= 0.6 is 11.8 Å². The zero-order valence-electron chi connectivity index (χ0n) is 10.4. The van der Waals surface area contributed by atoms with Crippen molar-refractivity contribution in [2.45, 2.75) is 39.7 Å². The summed E-state index contributed by atoms with van der Waals surface area (Å²) in [5, 5.41) is 0.104. The van der Waals surface area contributed by atoms with Gasteiger partial charge in [0.15, 0.2) is 5.12 Å². The molecule has 0 rings (SSSR count). The molecule has 0 aromatic heterocycles. The van der Waals surface area contributed by atoms with Crippen LogP contribution in [0.2, 0.25) is 0 Å². The van der Waals surface area contributed by atoms with Gasteiger partial charge in [-0.1, -0.05) is 11.8 Å². The molecule has 0 spiro atoms. The number of carbonyl (C=O) groups excluding carboxylic acids is 2. The number of rotatable bonds is 6. The van der Waals surface area contributed by atoms with E-state index in [0.717, 1.165) is 12.2 Å². The Morgan fingerprint density at radius 2 is 1.88 bits per heavy atom. The lowest BCUT2D eigenvalue weighted by atomic mass is 10.2. The lowest BCUT2D eigenvalue weighted by molar-refractivity contribution is -0.160. The van der Waals surface area contributed by atoms with Gasteiger partial charge in [-0.15, -0.1) is 0 Å². The quantitative estimate of drug-likeness (QED) is 0.531. The first-order chi connectivity index (χ1) is 7.31. The highest BCUT2D eigenvalue weighted by Gasteiger charge is 2.15. The van der Waals surface area contributed by atoms with Crippen LogP contribution in [0.1, 0.15) is 34.1 Å². The predicted molar refractivity (Wildman–Crippen MR) is 64.4 cm³/mol. The minimum atomic E-state index is -0.467. The summed E-state index contributed by atoms with van der Waals surface area (Å²) in [6, 6.07) is 0. The van der Waals surface area contributed by atoms with Crippen molar-refractivity contribution >= 4 is 22.8 Å². The average molecular weight is 248 g/mol. The maximum absolute atomic E-state index is 11.2. The molecule has 0 unspecified atom stereocenters. The molecule has 0 aliphatic rings. The monoisotopic (exact) mass is 248 g/mol. The molecule has 0 saturated heterocycles. The molecule has 0 amide bonds. The van der Waals surface area contributed by atoms with Gasteiger partial charge in [0, 0.05) is 19.3 Å². The van der Waals surface area contributed by atoms with E-state index in [4.69, 9.17) is 9.47 Å². The normalized spacial score (nSPS) is 11.2. The van der Waals surface area contributed by atoms with E-state index >= 15 is 0 Å². The fourth-order valence-electron chi connectivity index (χ4n) is 0.903. The zero-order valence-corrected chi connectivity index (χ0v) is 11.2. The number of hydrogen-bond acceptors (Lipinski definition) is 5. The molecule has 5 heteroatoms. The van der Waals surface area contributed by atoms with Gasteiger partial charge in [-0.05, 0) is 27.2 Å². The molecular weight excluding hydrogens is 228 g/mol. The summed E-state index contributed by atoms with van der Waals surface area (Å²) in [7, 11) is 0. The molecule has 0 fully saturated rings. The Kier molecular flexibility index (Phi) is 7.42. The van der Waals surface area contributed by atoms with E-state index in [1.165, 1.54) is 18.7 Å². The molecule has 0 N–H and O–H groups in total. The molecule has 16 heavy (non-hydrogen) atoms.